The van der Waals surface area contributed by atoms with Crippen molar-refractivity contribution in [3.05, 3.63) is 41.7 Å². The van der Waals surface area contributed by atoms with Crippen LogP contribution in [-0.4, -0.2) is 40.0 Å². The highest BCUT2D eigenvalue weighted by atomic mass is 19.1. The zero-order valence-corrected chi connectivity index (χ0v) is 15.6. The Morgan fingerprint density at radius 3 is 2.93 bits per heavy atom. The van der Waals surface area contributed by atoms with Crippen LogP contribution in [-0.2, 0) is 4.79 Å². The van der Waals surface area contributed by atoms with E-state index in [2.05, 4.69) is 10.3 Å². The number of pyridine rings is 1. The molecular formula is C20H21FN4O3. The van der Waals surface area contributed by atoms with Crippen molar-refractivity contribution in [3.8, 4) is 5.75 Å². The number of fused-ring (bicyclic) bond motifs is 3. The monoisotopic (exact) mass is 384 g/mol. The average molecular weight is 384 g/mol. The molecule has 1 fully saturated rings. The van der Waals surface area contributed by atoms with Crippen LogP contribution in [0.3, 0.4) is 0 Å². The van der Waals surface area contributed by atoms with Crippen molar-refractivity contribution in [1.82, 2.24) is 14.7 Å². The van der Waals surface area contributed by atoms with E-state index in [-0.39, 0.29) is 6.61 Å². The summed E-state index contributed by atoms with van der Waals surface area (Å²) in [5.74, 6) is -1.00. The number of carbonyl (C=O) groups excluding carboxylic acids is 2. The molecule has 0 saturated carbocycles. The van der Waals surface area contributed by atoms with Crippen molar-refractivity contribution in [2.75, 3.05) is 6.61 Å². The fraction of sp³-hybridized carbons (Fsp3) is 0.350. The third kappa shape index (κ3) is 2.85. The Morgan fingerprint density at radius 1 is 1.43 bits per heavy atom. The van der Waals surface area contributed by atoms with Gasteiger partial charge in [-0.05, 0) is 25.5 Å². The molecule has 2 aromatic heterocycles. The summed E-state index contributed by atoms with van der Waals surface area (Å²) in [6.45, 7) is 3.83. The number of hydrogen-bond acceptors (Lipinski definition) is 4. The molecule has 146 valence electrons. The van der Waals surface area contributed by atoms with Gasteiger partial charge in [-0.25, -0.2) is 9.37 Å². The fourth-order valence-corrected chi connectivity index (χ4v) is 3.89. The molecule has 1 saturated heterocycles. The van der Waals surface area contributed by atoms with Crippen LogP contribution in [0, 0.1) is 12.8 Å². The van der Waals surface area contributed by atoms with E-state index in [4.69, 9.17) is 10.5 Å². The minimum Gasteiger partial charge on any atom is -0.489 e. The smallest absolute Gasteiger partial charge is 0.255 e. The Balaban J connectivity index is 1.75. The molecule has 3 atom stereocenters. The molecule has 3 heterocycles. The minimum atomic E-state index is -1.51. The number of primary amides is 1. The Bertz CT molecular complexity index is 1090. The molecule has 0 unspecified atom stereocenters. The summed E-state index contributed by atoms with van der Waals surface area (Å²) in [5.41, 5.74) is 7.77. The Morgan fingerprint density at radius 2 is 2.21 bits per heavy atom. The van der Waals surface area contributed by atoms with E-state index in [0.29, 0.717) is 23.4 Å². The third-order valence-electron chi connectivity index (χ3n) is 5.26. The lowest BCUT2D eigenvalue weighted by molar-refractivity contribution is -0.123. The molecule has 2 amide bonds. The fourth-order valence-electron chi connectivity index (χ4n) is 3.89. The molecule has 0 aliphatic carbocycles. The number of aryl methyl sites for hydroxylation is 1. The lowest BCUT2D eigenvalue weighted by Gasteiger charge is -2.19. The largest absolute Gasteiger partial charge is 0.489 e. The zero-order chi connectivity index (χ0) is 20.0. The summed E-state index contributed by atoms with van der Waals surface area (Å²) in [6.07, 6.45) is 0.837. The number of amides is 2. The number of nitrogens with one attached hydrogen (secondary N) is 1. The number of aromatic nitrogens is 2. The number of nitrogens with two attached hydrogens (primary N) is 1. The summed E-state index contributed by atoms with van der Waals surface area (Å²) in [4.78, 5) is 27.9. The minimum absolute atomic E-state index is 0.149. The van der Waals surface area contributed by atoms with Gasteiger partial charge in [-0.15, -0.1) is 0 Å². The third-order valence-corrected chi connectivity index (χ3v) is 5.26. The van der Waals surface area contributed by atoms with Gasteiger partial charge < -0.3 is 15.8 Å². The van der Waals surface area contributed by atoms with Crippen molar-refractivity contribution < 1.29 is 18.7 Å². The van der Waals surface area contributed by atoms with E-state index in [1.54, 1.807) is 28.8 Å². The highest BCUT2D eigenvalue weighted by Gasteiger charge is 2.41. The number of imidazole rings is 1. The first-order valence-corrected chi connectivity index (χ1v) is 9.19. The maximum atomic E-state index is 14.0. The molecule has 1 aliphatic heterocycles. The van der Waals surface area contributed by atoms with Crippen LogP contribution < -0.4 is 15.8 Å². The zero-order valence-electron chi connectivity index (χ0n) is 15.6. The molecule has 0 spiro atoms. The van der Waals surface area contributed by atoms with Gasteiger partial charge in [0.15, 0.2) is 11.8 Å². The quantitative estimate of drug-likeness (QED) is 0.704. The van der Waals surface area contributed by atoms with Crippen LogP contribution in [0.15, 0.2) is 30.5 Å². The van der Waals surface area contributed by atoms with Crippen molar-refractivity contribution >= 4 is 28.4 Å². The maximum Gasteiger partial charge on any atom is 0.255 e. The molecule has 0 radical (unpaired) electrons. The highest BCUT2D eigenvalue weighted by Crippen LogP contribution is 2.30. The lowest BCUT2D eigenvalue weighted by Crippen LogP contribution is -2.34. The maximum absolute atomic E-state index is 14.0. The van der Waals surface area contributed by atoms with Crippen molar-refractivity contribution in [1.29, 1.82) is 0 Å². The predicted octanol–water partition coefficient (Wildman–Crippen LogP) is 2.14. The van der Waals surface area contributed by atoms with Crippen LogP contribution >= 0.6 is 0 Å². The number of rotatable bonds is 5. The van der Waals surface area contributed by atoms with E-state index in [1.165, 1.54) is 0 Å². The number of benzene rings is 1. The predicted molar refractivity (Wildman–Crippen MR) is 102 cm³/mol. The van der Waals surface area contributed by atoms with E-state index >= 15 is 0 Å². The van der Waals surface area contributed by atoms with Gasteiger partial charge in [-0.3, -0.25) is 14.0 Å². The summed E-state index contributed by atoms with van der Waals surface area (Å²) in [7, 11) is 0. The number of carbonyl (C=O) groups is 2. The second-order valence-corrected chi connectivity index (χ2v) is 7.09. The van der Waals surface area contributed by atoms with Gasteiger partial charge in [-0.2, -0.15) is 0 Å². The Hall–Kier alpha value is -3.16. The van der Waals surface area contributed by atoms with Gasteiger partial charge in [-0.1, -0.05) is 19.1 Å². The van der Waals surface area contributed by atoms with E-state index in [1.807, 2.05) is 19.9 Å². The molecule has 28 heavy (non-hydrogen) atoms. The van der Waals surface area contributed by atoms with Crippen molar-refractivity contribution in [3.63, 3.8) is 0 Å². The molecule has 7 nitrogen and oxygen atoms in total. The van der Waals surface area contributed by atoms with Gasteiger partial charge in [0.25, 0.3) is 11.8 Å². The number of para-hydroxylation sites is 1. The molecule has 3 N–H and O–H groups in total. The van der Waals surface area contributed by atoms with Crippen LogP contribution in [0.5, 0.6) is 5.75 Å². The van der Waals surface area contributed by atoms with Crippen LogP contribution in [0.25, 0.3) is 16.6 Å². The molecule has 4 rings (SSSR count). The summed E-state index contributed by atoms with van der Waals surface area (Å²) in [5, 5.41) is 3.43. The molecule has 0 bridgehead atoms. The second-order valence-electron chi connectivity index (χ2n) is 7.09. The second kappa shape index (κ2) is 6.78. The average Bonchev–Trinajstić information content (AvgIpc) is 3.18. The van der Waals surface area contributed by atoms with Gasteiger partial charge >= 0.3 is 0 Å². The van der Waals surface area contributed by atoms with Crippen molar-refractivity contribution in [2.45, 2.75) is 32.5 Å². The summed E-state index contributed by atoms with van der Waals surface area (Å²) < 4.78 is 21.8. The lowest BCUT2D eigenvalue weighted by atomic mass is 9.97. The first-order valence-electron chi connectivity index (χ1n) is 9.19. The highest BCUT2D eigenvalue weighted by molar-refractivity contribution is 6.03. The Labute approximate surface area is 160 Å². The first kappa shape index (κ1) is 18.2. The van der Waals surface area contributed by atoms with Crippen molar-refractivity contribution in [2.24, 2.45) is 11.7 Å². The number of nitrogens with zero attached hydrogens (tertiary/aromatic N) is 2. The van der Waals surface area contributed by atoms with E-state index in [0.717, 1.165) is 16.6 Å². The molecule has 3 aromatic rings. The summed E-state index contributed by atoms with van der Waals surface area (Å²) in [6, 6.07) is 6.75. The number of ether oxygens (including phenoxy) is 1. The van der Waals surface area contributed by atoms with Gasteiger partial charge in [0.2, 0.25) is 0 Å². The SMILES string of the molecule is CC[C@@H]1[C@H](F)C(=O)N[C@@H]1COc1cccc2cc(C(N)=O)c3nc(C)cn3c12. The summed E-state index contributed by atoms with van der Waals surface area (Å²) >= 11 is 0. The molecular weight excluding hydrogens is 363 g/mol. The number of halogens is 1. The topological polar surface area (TPSA) is 98.7 Å². The molecule has 8 heteroatoms. The normalized spacial score (nSPS) is 22.0. The van der Waals surface area contributed by atoms with Crippen LogP contribution in [0.2, 0.25) is 0 Å². The standard InChI is InChI=1S/C20H21FN4O3/c1-3-12-14(24-20(27)16(12)21)9-28-15-6-4-5-11-7-13(18(22)26)19-23-10(2)8-25(19)17(11)15/h4-8,12,14,16H,3,9H2,1-2H3,(H2,22,26)(H,24,27)/t12-,14+,16-/m0/s1. The van der Waals surface area contributed by atoms with Crippen LogP contribution in [0.4, 0.5) is 4.39 Å². The van der Waals surface area contributed by atoms with Gasteiger partial charge in [0, 0.05) is 17.5 Å². The number of hydrogen-bond donors (Lipinski definition) is 2. The van der Waals surface area contributed by atoms with Gasteiger partial charge in [0.05, 0.1) is 22.8 Å². The molecule has 1 aromatic carbocycles. The number of alkyl halides is 1. The van der Waals surface area contributed by atoms with Gasteiger partial charge in [0.1, 0.15) is 12.4 Å². The van der Waals surface area contributed by atoms with Crippen LogP contribution in [0.1, 0.15) is 29.4 Å². The van der Waals surface area contributed by atoms with E-state index in [9.17, 15) is 14.0 Å². The first-order chi connectivity index (χ1) is 13.4. The van der Waals surface area contributed by atoms with E-state index < -0.39 is 29.9 Å². The molecule has 1 aliphatic rings. The Kier molecular flexibility index (Phi) is 4.41.